The van der Waals surface area contributed by atoms with Crippen LogP contribution in [0.1, 0.15) is 10.4 Å². The minimum Gasteiger partial charge on any atom is -0.378 e. The van der Waals surface area contributed by atoms with Gasteiger partial charge < -0.3 is 9.80 Å². The van der Waals surface area contributed by atoms with E-state index >= 15 is 0 Å². The zero-order valence-electron chi connectivity index (χ0n) is 11.2. The lowest BCUT2D eigenvalue weighted by atomic mass is 10.1. The fourth-order valence-corrected chi connectivity index (χ4v) is 3.22. The quantitative estimate of drug-likeness (QED) is 0.798. The summed E-state index contributed by atoms with van der Waals surface area (Å²) in [6.45, 7) is 0.570. The lowest BCUT2D eigenvalue weighted by Crippen LogP contribution is -2.43. The second-order valence-electron chi connectivity index (χ2n) is 4.89. The fraction of sp³-hybridized carbons (Fsp3) is 0.462. The van der Waals surface area contributed by atoms with E-state index in [2.05, 4.69) is 0 Å². The molecule has 1 aliphatic rings. The molecule has 1 fully saturated rings. The molecule has 2 rings (SSSR count). The number of hydrogen-bond acceptors (Lipinski definition) is 4. The van der Waals surface area contributed by atoms with Gasteiger partial charge in [0.15, 0.2) is 9.84 Å². The zero-order chi connectivity index (χ0) is 14.0. The van der Waals surface area contributed by atoms with Gasteiger partial charge in [0.2, 0.25) is 0 Å². The van der Waals surface area contributed by atoms with Gasteiger partial charge in [0.05, 0.1) is 11.5 Å². The number of anilines is 1. The minimum atomic E-state index is -2.96. The molecule has 0 spiro atoms. The Morgan fingerprint density at radius 1 is 1.21 bits per heavy atom. The molecular formula is C13H18N2O3S. The predicted octanol–water partition coefficient (Wildman–Crippen LogP) is 0.623. The van der Waals surface area contributed by atoms with Gasteiger partial charge in [0, 0.05) is 38.4 Å². The van der Waals surface area contributed by atoms with E-state index < -0.39 is 9.84 Å². The van der Waals surface area contributed by atoms with Crippen LogP contribution in [0.4, 0.5) is 5.69 Å². The SMILES string of the molecule is CN(C)c1cccc(C(=O)N2CCS(=O)(=O)CC2)c1. The van der Waals surface area contributed by atoms with Crippen molar-refractivity contribution >= 4 is 21.4 Å². The lowest BCUT2D eigenvalue weighted by molar-refractivity contribution is 0.0770. The number of sulfone groups is 1. The highest BCUT2D eigenvalue weighted by atomic mass is 32.2. The average Bonchev–Trinajstić information content (AvgIpc) is 2.38. The highest BCUT2D eigenvalue weighted by Gasteiger charge is 2.25. The van der Waals surface area contributed by atoms with Crippen LogP contribution in [0.5, 0.6) is 0 Å². The first-order chi connectivity index (χ1) is 8.89. The number of benzene rings is 1. The van der Waals surface area contributed by atoms with Crippen molar-refractivity contribution in [1.29, 1.82) is 0 Å². The van der Waals surface area contributed by atoms with E-state index in [9.17, 15) is 13.2 Å². The first-order valence-electron chi connectivity index (χ1n) is 6.16. The molecule has 1 aliphatic heterocycles. The molecule has 0 atom stereocenters. The van der Waals surface area contributed by atoms with Gasteiger partial charge in [-0.25, -0.2) is 8.42 Å². The summed E-state index contributed by atoms with van der Waals surface area (Å²) in [6, 6.07) is 7.35. The van der Waals surface area contributed by atoms with Crippen LogP contribution in [0.3, 0.4) is 0 Å². The van der Waals surface area contributed by atoms with Gasteiger partial charge in [-0.3, -0.25) is 4.79 Å². The molecule has 104 valence electrons. The van der Waals surface area contributed by atoms with Gasteiger partial charge in [0.1, 0.15) is 0 Å². The van der Waals surface area contributed by atoms with Crippen molar-refractivity contribution in [3.05, 3.63) is 29.8 Å². The van der Waals surface area contributed by atoms with Crippen LogP contribution in [0.15, 0.2) is 24.3 Å². The Kier molecular flexibility index (Phi) is 3.80. The van der Waals surface area contributed by atoms with Crippen LogP contribution in [0.2, 0.25) is 0 Å². The van der Waals surface area contributed by atoms with E-state index in [0.717, 1.165) is 5.69 Å². The number of carbonyl (C=O) groups is 1. The molecule has 5 nitrogen and oxygen atoms in total. The minimum absolute atomic E-state index is 0.0616. The average molecular weight is 282 g/mol. The standard InChI is InChI=1S/C13H18N2O3S/c1-14(2)12-5-3-4-11(10-12)13(16)15-6-8-19(17,18)9-7-15/h3-5,10H,6-9H2,1-2H3. The van der Waals surface area contributed by atoms with Crippen LogP contribution in [0.25, 0.3) is 0 Å². The summed E-state index contributed by atoms with van der Waals surface area (Å²) in [4.78, 5) is 15.8. The summed E-state index contributed by atoms with van der Waals surface area (Å²) in [5.41, 5.74) is 1.56. The van der Waals surface area contributed by atoms with Crippen LogP contribution in [-0.2, 0) is 9.84 Å². The summed E-state index contributed by atoms with van der Waals surface area (Å²) < 4.78 is 22.7. The summed E-state index contributed by atoms with van der Waals surface area (Å²) in [7, 11) is 0.872. The third kappa shape index (κ3) is 3.26. The van der Waals surface area contributed by atoms with Crippen molar-refractivity contribution in [1.82, 2.24) is 4.90 Å². The van der Waals surface area contributed by atoms with Gasteiger partial charge in [-0.05, 0) is 18.2 Å². The van der Waals surface area contributed by atoms with Gasteiger partial charge in [-0.1, -0.05) is 6.07 Å². The molecule has 0 unspecified atom stereocenters. The van der Waals surface area contributed by atoms with Crippen molar-refractivity contribution in [2.24, 2.45) is 0 Å². The monoisotopic (exact) mass is 282 g/mol. The third-order valence-electron chi connectivity index (χ3n) is 3.24. The first-order valence-corrected chi connectivity index (χ1v) is 7.98. The Labute approximate surface area is 113 Å². The van der Waals surface area contributed by atoms with Crippen LogP contribution in [-0.4, -0.2) is 57.9 Å². The van der Waals surface area contributed by atoms with Crippen LogP contribution in [0, 0.1) is 0 Å². The first kappa shape index (κ1) is 13.9. The molecule has 1 aromatic carbocycles. The van der Waals surface area contributed by atoms with E-state index in [-0.39, 0.29) is 30.5 Å². The van der Waals surface area contributed by atoms with Crippen LogP contribution < -0.4 is 4.90 Å². The predicted molar refractivity (Wildman–Crippen MR) is 75.3 cm³/mol. The molecular weight excluding hydrogens is 264 g/mol. The third-order valence-corrected chi connectivity index (χ3v) is 4.85. The Hall–Kier alpha value is -1.56. The molecule has 1 amide bonds. The smallest absolute Gasteiger partial charge is 0.253 e. The highest BCUT2D eigenvalue weighted by molar-refractivity contribution is 7.91. The number of amides is 1. The Morgan fingerprint density at radius 2 is 1.84 bits per heavy atom. The molecule has 0 radical (unpaired) electrons. The Morgan fingerprint density at radius 3 is 2.42 bits per heavy atom. The van der Waals surface area contributed by atoms with Crippen molar-refractivity contribution in [2.75, 3.05) is 43.6 Å². The Bertz CT molecular complexity index is 567. The van der Waals surface area contributed by atoms with E-state index in [0.29, 0.717) is 5.56 Å². The summed E-state index contributed by atoms with van der Waals surface area (Å²) in [5, 5.41) is 0. The van der Waals surface area contributed by atoms with Gasteiger partial charge in [0.25, 0.3) is 5.91 Å². The number of rotatable bonds is 2. The summed E-state index contributed by atoms with van der Waals surface area (Å²) >= 11 is 0. The maximum atomic E-state index is 12.3. The maximum Gasteiger partial charge on any atom is 0.253 e. The topological polar surface area (TPSA) is 57.7 Å². The van der Waals surface area contributed by atoms with Crippen molar-refractivity contribution in [3.8, 4) is 0 Å². The number of carbonyl (C=O) groups excluding carboxylic acids is 1. The van der Waals surface area contributed by atoms with Gasteiger partial charge >= 0.3 is 0 Å². The van der Waals surface area contributed by atoms with E-state index in [1.165, 1.54) is 0 Å². The highest BCUT2D eigenvalue weighted by Crippen LogP contribution is 2.16. The molecule has 0 bridgehead atoms. The van der Waals surface area contributed by atoms with Crippen molar-refractivity contribution in [2.45, 2.75) is 0 Å². The molecule has 0 saturated carbocycles. The van der Waals surface area contributed by atoms with Gasteiger partial charge in [-0.2, -0.15) is 0 Å². The molecule has 0 aliphatic carbocycles. The van der Waals surface area contributed by atoms with E-state index in [4.69, 9.17) is 0 Å². The van der Waals surface area contributed by atoms with E-state index in [1.54, 1.807) is 11.0 Å². The fourth-order valence-electron chi connectivity index (χ4n) is 2.02. The van der Waals surface area contributed by atoms with Crippen LogP contribution >= 0.6 is 0 Å². The molecule has 0 N–H and O–H groups in total. The lowest BCUT2D eigenvalue weighted by Gasteiger charge is -2.27. The second-order valence-corrected chi connectivity index (χ2v) is 7.19. The molecule has 1 aromatic rings. The summed E-state index contributed by atoms with van der Waals surface area (Å²) in [6.07, 6.45) is 0. The van der Waals surface area contributed by atoms with E-state index in [1.807, 2.05) is 37.2 Å². The normalized spacial score (nSPS) is 18.1. The molecule has 19 heavy (non-hydrogen) atoms. The molecule has 0 aromatic heterocycles. The molecule has 1 heterocycles. The molecule has 6 heteroatoms. The Balaban J connectivity index is 2.14. The largest absolute Gasteiger partial charge is 0.378 e. The molecule has 1 saturated heterocycles. The van der Waals surface area contributed by atoms with Crippen molar-refractivity contribution < 1.29 is 13.2 Å². The second kappa shape index (κ2) is 5.21. The maximum absolute atomic E-state index is 12.3. The number of hydrogen-bond donors (Lipinski definition) is 0. The summed E-state index contributed by atoms with van der Waals surface area (Å²) in [5.74, 6) is 0.0247. The van der Waals surface area contributed by atoms with Gasteiger partial charge in [-0.15, -0.1) is 0 Å². The van der Waals surface area contributed by atoms with Crippen molar-refractivity contribution in [3.63, 3.8) is 0 Å². The zero-order valence-corrected chi connectivity index (χ0v) is 12.0. The number of nitrogens with zero attached hydrogens (tertiary/aromatic N) is 2.